The van der Waals surface area contributed by atoms with Crippen molar-refractivity contribution < 1.29 is 4.79 Å². The van der Waals surface area contributed by atoms with Gasteiger partial charge in [-0.2, -0.15) is 0 Å². The molecule has 1 aromatic heterocycles. The van der Waals surface area contributed by atoms with E-state index in [1.54, 1.807) is 12.3 Å². The van der Waals surface area contributed by atoms with Crippen LogP contribution in [-0.2, 0) is 4.79 Å². The fourth-order valence-corrected chi connectivity index (χ4v) is 1.57. The van der Waals surface area contributed by atoms with Crippen molar-refractivity contribution in [1.82, 2.24) is 4.98 Å². The molecule has 2 rings (SSSR count). The zero-order chi connectivity index (χ0) is 10.9. The minimum atomic E-state index is -0.660. The van der Waals surface area contributed by atoms with Crippen molar-refractivity contribution >= 4 is 11.7 Å². The number of hydrogen-bond acceptors (Lipinski definition) is 3. The van der Waals surface area contributed by atoms with Gasteiger partial charge in [-0.3, -0.25) is 4.79 Å². The summed E-state index contributed by atoms with van der Waals surface area (Å²) in [6.07, 6.45) is 4.29. The topological polar surface area (TPSA) is 68.0 Å². The first-order valence-corrected chi connectivity index (χ1v) is 5.13. The van der Waals surface area contributed by atoms with Crippen LogP contribution in [0.25, 0.3) is 0 Å². The lowest BCUT2D eigenvalue weighted by atomic mass is 9.77. The molecule has 0 radical (unpaired) electrons. The number of aromatic nitrogens is 1. The molecule has 0 aromatic carbocycles. The summed E-state index contributed by atoms with van der Waals surface area (Å²) in [4.78, 5) is 15.8. The van der Waals surface area contributed by atoms with Crippen molar-refractivity contribution in [2.45, 2.75) is 31.7 Å². The molecule has 4 heteroatoms. The van der Waals surface area contributed by atoms with Gasteiger partial charge in [0.15, 0.2) is 0 Å². The highest BCUT2D eigenvalue weighted by Crippen LogP contribution is 2.29. The Morgan fingerprint density at radius 1 is 1.53 bits per heavy atom. The van der Waals surface area contributed by atoms with E-state index in [-0.39, 0.29) is 5.91 Å². The summed E-state index contributed by atoms with van der Waals surface area (Å²) in [6, 6.07) is 3.70. The molecule has 1 fully saturated rings. The Labute approximate surface area is 88.9 Å². The van der Waals surface area contributed by atoms with E-state index < -0.39 is 5.54 Å². The van der Waals surface area contributed by atoms with Gasteiger partial charge in [-0.25, -0.2) is 4.98 Å². The minimum Gasteiger partial charge on any atom is -0.317 e. The molecule has 0 atom stereocenters. The first kappa shape index (κ1) is 10.1. The Hall–Kier alpha value is -1.42. The van der Waals surface area contributed by atoms with Crippen LogP contribution >= 0.6 is 0 Å². The number of pyridine rings is 1. The van der Waals surface area contributed by atoms with Gasteiger partial charge in [-0.05, 0) is 37.8 Å². The number of nitrogens with one attached hydrogen (secondary N) is 1. The van der Waals surface area contributed by atoms with Crippen LogP contribution in [0.3, 0.4) is 0 Å². The van der Waals surface area contributed by atoms with E-state index in [4.69, 9.17) is 5.73 Å². The number of nitrogens with two attached hydrogens (primary N) is 1. The maximum Gasteiger partial charge on any atom is 0.245 e. The molecule has 0 saturated heterocycles. The number of carbonyl (C=O) groups is 1. The van der Waals surface area contributed by atoms with Crippen LogP contribution in [0.2, 0.25) is 0 Å². The molecule has 1 amide bonds. The second-order valence-corrected chi connectivity index (χ2v) is 4.18. The average molecular weight is 205 g/mol. The molecule has 1 heterocycles. The molecular formula is C11H15N3O. The third kappa shape index (κ3) is 1.99. The SMILES string of the molecule is Cc1ccc(NC(=O)C2(N)CCC2)nc1. The van der Waals surface area contributed by atoms with Crippen LogP contribution in [0.1, 0.15) is 24.8 Å². The molecule has 0 bridgehead atoms. The fourth-order valence-electron chi connectivity index (χ4n) is 1.57. The summed E-state index contributed by atoms with van der Waals surface area (Å²) in [5.41, 5.74) is 6.29. The standard InChI is InChI=1S/C11H15N3O/c1-8-3-4-9(13-7-8)14-10(15)11(12)5-2-6-11/h3-4,7H,2,5-6,12H2,1H3,(H,13,14,15). The maximum absolute atomic E-state index is 11.7. The molecular weight excluding hydrogens is 190 g/mol. The largest absolute Gasteiger partial charge is 0.317 e. The zero-order valence-electron chi connectivity index (χ0n) is 8.79. The average Bonchev–Trinajstić information content (AvgIpc) is 2.18. The highest BCUT2D eigenvalue weighted by molar-refractivity contribution is 5.97. The normalized spacial score (nSPS) is 18.0. The third-order valence-corrected chi connectivity index (χ3v) is 2.85. The Morgan fingerprint density at radius 3 is 2.73 bits per heavy atom. The molecule has 0 unspecified atom stereocenters. The van der Waals surface area contributed by atoms with Crippen molar-refractivity contribution in [3.8, 4) is 0 Å². The second kappa shape index (κ2) is 3.62. The Morgan fingerprint density at radius 2 is 2.27 bits per heavy atom. The van der Waals surface area contributed by atoms with Crippen molar-refractivity contribution in [2.75, 3.05) is 5.32 Å². The van der Waals surface area contributed by atoms with Gasteiger partial charge in [0.25, 0.3) is 0 Å². The summed E-state index contributed by atoms with van der Waals surface area (Å²) in [5, 5.41) is 2.74. The van der Waals surface area contributed by atoms with E-state index in [1.165, 1.54) is 0 Å². The molecule has 1 aromatic rings. The van der Waals surface area contributed by atoms with Crippen LogP contribution in [0, 0.1) is 6.92 Å². The van der Waals surface area contributed by atoms with Gasteiger partial charge in [0, 0.05) is 6.20 Å². The second-order valence-electron chi connectivity index (χ2n) is 4.18. The Kier molecular flexibility index (Phi) is 2.44. The molecule has 0 aliphatic heterocycles. The van der Waals surface area contributed by atoms with E-state index in [1.807, 2.05) is 13.0 Å². The van der Waals surface area contributed by atoms with Gasteiger partial charge in [0.1, 0.15) is 5.82 Å². The van der Waals surface area contributed by atoms with Gasteiger partial charge >= 0.3 is 0 Å². The monoisotopic (exact) mass is 205 g/mol. The number of rotatable bonds is 2. The van der Waals surface area contributed by atoms with Gasteiger partial charge < -0.3 is 11.1 Å². The summed E-state index contributed by atoms with van der Waals surface area (Å²) >= 11 is 0. The summed E-state index contributed by atoms with van der Waals surface area (Å²) in [5.74, 6) is 0.451. The van der Waals surface area contributed by atoms with Crippen LogP contribution in [-0.4, -0.2) is 16.4 Å². The summed E-state index contributed by atoms with van der Waals surface area (Å²) < 4.78 is 0. The van der Waals surface area contributed by atoms with E-state index in [2.05, 4.69) is 10.3 Å². The Bertz CT molecular complexity index is 368. The van der Waals surface area contributed by atoms with Crippen LogP contribution < -0.4 is 11.1 Å². The predicted molar refractivity (Wildman–Crippen MR) is 58.4 cm³/mol. The highest BCUT2D eigenvalue weighted by atomic mass is 16.2. The molecule has 1 saturated carbocycles. The Balaban J connectivity index is 2.02. The van der Waals surface area contributed by atoms with Crippen molar-refractivity contribution in [1.29, 1.82) is 0 Å². The molecule has 0 spiro atoms. The number of aryl methyl sites for hydroxylation is 1. The van der Waals surface area contributed by atoms with Crippen molar-refractivity contribution in [2.24, 2.45) is 5.73 Å². The van der Waals surface area contributed by atoms with Gasteiger partial charge in [0.2, 0.25) is 5.91 Å². The van der Waals surface area contributed by atoms with E-state index >= 15 is 0 Å². The van der Waals surface area contributed by atoms with Gasteiger partial charge in [0.05, 0.1) is 5.54 Å². The van der Waals surface area contributed by atoms with E-state index in [0.717, 1.165) is 24.8 Å². The zero-order valence-corrected chi connectivity index (χ0v) is 8.79. The molecule has 1 aliphatic carbocycles. The van der Waals surface area contributed by atoms with Crippen molar-refractivity contribution in [3.05, 3.63) is 23.9 Å². The number of anilines is 1. The van der Waals surface area contributed by atoms with E-state index in [9.17, 15) is 4.79 Å². The lowest BCUT2D eigenvalue weighted by Crippen LogP contribution is -2.56. The molecule has 4 nitrogen and oxygen atoms in total. The quantitative estimate of drug-likeness (QED) is 0.762. The summed E-state index contributed by atoms with van der Waals surface area (Å²) in [6.45, 7) is 1.95. The van der Waals surface area contributed by atoms with Gasteiger partial charge in [-0.1, -0.05) is 6.07 Å². The minimum absolute atomic E-state index is 0.120. The predicted octanol–water partition coefficient (Wildman–Crippen LogP) is 1.21. The third-order valence-electron chi connectivity index (χ3n) is 2.85. The van der Waals surface area contributed by atoms with Gasteiger partial charge in [-0.15, -0.1) is 0 Å². The van der Waals surface area contributed by atoms with Crippen LogP contribution in [0.15, 0.2) is 18.3 Å². The van der Waals surface area contributed by atoms with Crippen LogP contribution in [0.5, 0.6) is 0 Å². The van der Waals surface area contributed by atoms with Crippen LogP contribution in [0.4, 0.5) is 5.82 Å². The maximum atomic E-state index is 11.7. The molecule has 3 N–H and O–H groups in total. The lowest BCUT2D eigenvalue weighted by Gasteiger charge is -2.35. The number of carbonyl (C=O) groups excluding carboxylic acids is 1. The number of amides is 1. The number of nitrogens with zero attached hydrogens (tertiary/aromatic N) is 1. The summed E-state index contributed by atoms with van der Waals surface area (Å²) in [7, 11) is 0. The van der Waals surface area contributed by atoms with E-state index in [0.29, 0.717) is 5.82 Å². The lowest BCUT2D eigenvalue weighted by molar-refractivity contribution is -0.123. The first-order valence-electron chi connectivity index (χ1n) is 5.13. The highest BCUT2D eigenvalue weighted by Gasteiger charge is 2.40. The smallest absolute Gasteiger partial charge is 0.245 e. The molecule has 15 heavy (non-hydrogen) atoms. The fraction of sp³-hybridized carbons (Fsp3) is 0.455. The first-order chi connectivity index (χ1) is 7.10. The molecule has 1 aliphatic rings. The number of hydrogen-bond donors (Lipinski definition) is 2. The molecule has 80 valence electrons. The van der Waals surface area contributed by atoms with Crippen molar-refractivity contribution in [3.63, 3.8) is 0 Å².